The van der Waals surface area contributed by atoms with Crippen LogP contribution in [0.1, 0.15) is 30.7 Å². The molecule has 4 nitrogen and oxygen atoms in total. The highest BCUT2D eigenvalue weighted by Crippen LogP contribution is 2.10. The van der Waals surface area contributed by atoms with E-state index in [4.69, 9.17) is 4.99 Å². The van der Waals surface area contributed by atoms with Gasteiger partial charge in [-0.2, -0.15) is 0 Å². The average Bonchev–Trinajstić information content (AvgIpc) is 2.61. The Labute approximate surface area is 162 Å². The zero-order valence-corrected chi connectivity index (χ0v) is 16.8. The summed E-state index contributed by atoms with van der Waals surface area (Å²) in [6.07, 6.45) is 3.75. The van der Waals surface area contributed by atoms with Gasteiger partial charge in [0.05, 0.1) is 6.54 Å². The first-order valence-corrected chi connectivity index (χ1v) is 8.32. The van der Waals surface area contributed by atoms with Crippen molar-refractivity contribution < 1.29 is 0 Å². The van der Waals surface area contributed by atoms with E-state index < -0.39 is 0 Å². The standard InChI is InChI=1S/C19H26N4.HI/c1-3-16-9-5-6-10-17(16)15-23-19(20-4-2)22-14-12-18-11-7-8-13-21-18;/h5-11,13H,3-4,12,14-15H2,1-2H3,(H2,20,22,23);1H. The lowest BCUT2D eigenvalue weighted by Gasteiger charge is -2.12. The molecule has 2 N–H and O–H groups in total. The lowest BCUT2D eigenvalue weighted by molar-refractivity contribution is 0.787. The third kappa shape index (κ3) is 6.86. The first-order chi connectivity index (χ1) is 11.3. The normalized spacial score (nSPS) is 10.8. The van der Waals surface area contributed by atoms with Gasteiger partial charge < -0.3 is 10.6 Å². The van der Waals surface area contributed by atoms with Gasteiger partial charge >= 0.3 is 0 Å². The molecule has 5 heteroatoms. The Morgan fingerprint density at radius 2 is 1.75 bits per heavy atom. The molecule has 1 heterocycles. The molecule has 24 heavy (non-hydrogen) atoms. The quantitative estimate of drug-likeness (QED) is 0.395. The van der Waals surface area contributed by atoms with Gasteiger partial charge in [0.2, 0.25) is 0 Å². The summed E-state index contributed by atoms with van der Waals surface area (Å²) in [5.74, 6) is 0.856. The summed E-state index contributed by atoms with van der Waals surface area (Å²) < 4.78 is 0. The number of rotatable bonds is 7. The van der Waals surface area contributed by atoms with Gasteiger partial charge in [-0.05, 0) is 36.6 Å². The van der Waals surface area contributed by atoms with Gasteiger partial charge in [-0.15, -0.1) is 24.0 Å². The number of benzene rings is 1. The van der Waals surface area contributed by atoms with Gasteiger partial charge in [0.25, 0.3) is 0 Å². The van der Waals surface area contributed by atoms with Crippen molar-refractivity contribution in [2.24, 2.45) is 4.99 Å². The monoisotopic (exact) mass is 438 g/mol. The van der Waals surface area contributed by atoms with Crippen molar-refractivity contribution in [3.63, 3.8) is 0 Å². The SMILES string of the molecule is CCNC(=NCc1ccccc1CC)NCCc1ccccn1.I. The second-order valence-electron chi connectivity index (χ2n) is 5.32. The molecule has 0 bridgehead atoms. The van der Waals surface area contributed by atoms with E-state index in [-0.39, 0.29) is 24.0 Å². The number of nitrogens with zero attached hydrogens (tertiary/aromatic N) is 2. The van der Waals surface area contributed by atoms with Crippen LogP contribution in [-0.2, 0) is 19.4 Å². The Morgan fingerprint density at radius 1 is 1.00 bits per heavy atom. The van der Waals surface area contributed by atoms with Crippen LogP contribution in [0.5, 0.6) is 0 Å². The molecular formula is C19H27IN4. The fourth-order valence-corrected chi connectivity index (χ4v) is 2.42. The van der Waals surface area contributed by atoms with Gasteiger partial charge in [-0.25, -0.2) is 4.99 Å². The summed E-state index contributed by atoms with van der Waals surface area (Å²) >= 11 is 0. The van der Waals surface area contributed by atoms with Crippen LogP contribution >= 0.6 is 24.0 Å². The van der Waals surface area contributed by atoms with E-state index in [1.165, 1.54) is 11.1 Å². The van der Waals surface area contributed by atoms with Gasteiger partial charge in [0.1, 0.15) is 0 Å². The van der Waals surface area contributed by atoms with Crippen LogP contribution < -0.4 is 10.6 Å². The molecule has 0 atom stereocenters. The molecule has 0 unspecified atom stereocenters. The molecule has 2 rings (SSSR count). The fraction of sp³-hybridized carbons (Fsp3) is 0.368. The minimum atomic E-state index is 0. The first-order valence-electron chi connectivity index (χ1n) is 8.32. The summed E-state index contributed by atoms with van der Waals surface area (Å²) in [5, 5.41) is 6.67. The summed E-state index contributed by atoms with van der Waals surface area (Å²) in [4.78, 5) is 9.04. The molecule has 2 aromatic rings. The summed E-state index contributed by atoms with van der Waals surface area (Å²) in [6, 6.07) is 14.5. The lowest BCUT2D eigenvalue weighted by atomic mass is 10.1. The Morgan fingerprint density at radius 3 is 2.42 bits per heavy atom. The number of halogens is 1. The van der Waals surface area contributed by atoms with Crippen LogP contribution in [0.25, 0.3) is 0 Å². The molecule has 0 saturated heterocycles. The summed E-state index contributed by atoms with van der Waals surface area (Å²) in [6.45, 7) is 6.63. The zero-order chi connectivity index (χ0) is 16.3. The zero-order valence-electron chi connectivity index (χ0n) is 14.5. The minimum Gasteiger partial charge on any atom is -0.357 e. The van der Waals surface area contributed by atoms with Crippen LogP contribution in [-0.4, -0.2) is 24.0 Å². The van der Waals surface area contributed by atoms with Gasteiger partial charge in [0, 0.05) is 31.4 Å². The van der Waals surface area contributed by atoms with E-state index in [0.717, 1.165) is 37.6 Å². The third-order valence-electron chi connectivity index (χ3n) is 3.65. The van der Waals surface area contributed by atoms with Crippen LogP contribution in [0.4, 0.5) is 0 Å². The lowest BCUT2D eigenvalue weighted by Crippen LogP contribution is -2.38. The highest BCUT2D eigenvalue weighted by molar-refractivity contribution is 14.0. The first kappa shape index (κ1) is 20.4. The number of nitrogens with one attached hydrogen (secondary N) is 2. The Bertz CT molecular complexity index is 614. The summed E-state index contributed by atoms with van der Waals surface area (Å²) in [7, 11) is 0. The molecule has 0 radical (unpaired) electrons. The number of hydrogen-bond donors (Lipinski definition) is 2. The Kier molecular flexibility index (Phi) is 10.1. The molecule has 0 aliphatic heterocycles. The molecule has 0 saturated carbocycles. The van der Waals surface area contributed by atoms with E-state index in [0.29, 0.717) is 6.54 Å². The average molecular weight is 438 g/mol. The Hall–Kier alpha value is -1.63. The molecule has 0 aliphatic rings. The molecule has 1 aromatic carbocycles. The number of guanidine groups is 1. The van der Waals surface area contributed by atoms with Gasteiger partial charge in [-0.3, -0.25) is 4.98 Å². The van der Waals surface area contributed by atoms with Crippen molar-refractivity contribution >= 4 is 29.9 Å². The second-order valence-corrected chi connectivity index (χ2v) is 5.32. The molecule has 130 valence electrons. The highest BCUT2D eigenvalue weighted by atomic mass is 127. The maximum Gasteiger partial charge on any atom is 0.191 e. The number of aromatic nitrogens is 1. The van der Waals surface area contributed by atoms with E-state index >= 15 is 0 Å². The Balaban J connectivity index is 0.00000288. The van der Waals surface area contributed by atoms with Crippen molar-refractivity contribution in [1.82, 2.24) is 15.6 Å². The van der Waals surface area contributed by atoms with Crippen LogP contribution in [0.2, 0.25) is 0 Å². The van der Waals surface area contributed by atoms with E-state index in [1.54, 1.807) is 0 Å². The van der Waals surface area contributed by atoms with Crippen molar-refractivity contribution in [2.75, 3.05) is 13.1 Å². The van der Waals surface area contributed by atoms with Crippen molar-refractivity contribution in [3.8, 4) is 0 Å². The molecule has 1 aromatic heterocycles. The molecule has 0 spiro atoms. The van der Waals surface area contributed by atoms with Crippen LogP contribution in [0.15, 0.2) is 53.7 Å². The maximum atomic E-state index is 4.70. The molecular weight excluding hydrogens is 411 g/mol. The van der Waals surface area contributed by atoms with Crippen LogP contribution in [0, 0.1) is 0 Å². The molecule has 0 amide bonds. The van der Waals surface area contributed by atoms with Crippen molar-refractivity contribution in [3.05, 3.63) is 65.5 Å². The largest absolute Gasteiger partial charge is 0.357 e. The van der Waals surface area contributed by atoms with Crippen molar-refractivity contribution in [2.45, 2.75) is 33.2 Å². The smallest absolute Gasteiger partial charge is 0.191 e. The van der Waals surface area contributed by atoms with Gasteiger partial charge in [0.15, 0.2) is 5.96 Å². The van der Waals surface area contributed by atoms with E-state index in [2.05, 4.69) is 53.7 Å². The van der Waals surface area contributed by atoms with Crippen LogP contribution in [0.3, 0.4) is 0 Å². The van der Waals surface area contributed by atoms with E-state index in [1.807, 2.05) is 24.4 Å². The molecule has 0 aliphatic carbocycles. The number of aryl methyl sites for hydroxylation is 1. The second kappa shape index (κ2) is 11.8. The predicted octanol–water partition coefficient (Wildman–Crippen LogP) is 3.56. The van der Waals surface area contributed by atoms with Gasteiger partial charge in [-0.1, -0.05) is 37.3 Å². The number of hydrogen-bond acceptors (Lipinski definition) is 2. The fourth-order valence-electron chi connectivity index (χ4n) is 2.42. The third-order valence-corrected chi connectivity index (χ3v) is 3.65. The topological polar surface area (TPSA) is 49.3 Å². The predicted molar refractivity (Wildman–Crippen MR) is 112 cm³/mol. The van der Waals surface area contributed by atoms with Crippen molar-refractivity contribution in [1.29, 1.82) is 0 Å². The maximum absolute atomic E-state index is 4.70. The minimum absolute atomic E-state index is 0. The molecule has 0 fully saturated rings. The van der Waals surface area contributed by atoms with E-state index in [9.17, 15) is 0 Å². The summed E-state index contributed by atoms with van der Waals surface area (Å²) in [5.41, 5.74) is 3.74. The number of aliphatic imine (C=N–C) groups is 1. The number of pyridine rings is 1. The highest BCUT2D eigenvalue weighted by Gasteiger charge is 2.01.